The summed E-state index contributed by atoms with van der Waals surface area (Å²) in [6.45, 7) is 23.3. The average molecular weight is 480 g/mol. The Bertz CT molecular complexity index is 528. The van der Waals surface area contributed by atoms with Gasteiger partial charge in [0.1, 0.15) is 0 Å². The maximum absolute atomic E-state index is 6.17. The van der Waals surface area contributed by atoms with E-state index in [1.54, 1.807) is 0 Å². The number of aryl methyl sites for hydroxylation is 1. The van der Waals surface area contributed by atoms with Crippen molar-refractivity contribution in [2.75, 3.05) is 6.61 Å². The second-order valence-electron chi connectivity index (χ2n) is 10.1. The zero-order valence-corrected chi connectivity index (χ0v) is 22.9. The van der Waals surface area contributed by atoms with Crippen molar-refractivity contribution < 1.29 is 4.43 Å². The van der Waals surface area contributed by atoms with Crippen LogP contribution in [-0.4, -0.2) is 22.3 Å². The standard InChI is InChI=1S/C15H25BrOSi.C6H15ClSi/c1-15(2,3)18(4,5)17-11-7-9-13-8-6-10-14(16)12-13;1-6(2,3)8(4,5)7/h6,8,10,12H,7,9,11H2,1-5H3;1-5H3. The van der Waals surface area contributed by atoms with E-state index in [-0.39, 0.29) is 0 Å². The molecule has 1 nitrogen and oxygen atoms in total. The van der Waals surface area contributed by atoms with E-state index in [2.05, 4.69) is 108 Å². The molecular formula is C21H40BrClOSi2. The van der Waals surface area contributed by atoms with Crippen LogP contribution >= 0.6 is 27.0 Å². The number of hydrogen-bond donors (Lipinski definition) is 0. The Labute approximate surface area is 178 Å². The van der Waals surface area contributed by atoms with Gasteiger partial charge in [-0.3, -0.25) is 0 Å². The van der Waals surface area contributed by atoms with E-state index >= 15 is 0 Å². The van der Waals surface area contributed by atoms with Gasteiger partial charge in [0.05, 0.1) is 0 Å². The Hall–Kier alpha value is 0.384. The Morgan fingerprint density at radius 3 is 1.85 bits per heavy atom. The van der Waals surface area contributed by atoms with Crippen molar-refractivity contribution in [3.05, 3.63) is 34.3 Å². The SMILES string of the molecule is CC(C)(C)[Si](C)(C)Cl.CC(C)(C)[Si](C)(C)OCCCc1cccc(Br)c1. The van der Waals surface area contributed by atoms with Crippen LogP contribution in [0, 0.1) is 0 Å². The molecule has 0 unspecified atom stereocenters. The van der Waals surface area contributed by atoms with Crippen molar-refractivity contribution in [1.82, 2.24) is 0 Å². The lowest BCUT2D eigenvalue weighted by Gasteiger charge is -2.36. The van der Waals surface area contributed by atoms with Crippen molar-refractivity contribution in [3.63, 3.8) is 0 Å². The zero-order valence-electron chi connectivity index (χ0n) is 18.6. The number of halogens is 2. The predicted molar refractivity (Wildman–Crippen MR) is 129 cm³/mol. The van der Waals surface area contributed by atoms with Gasteiger partial charge in [-0.1, -0.05) is 82.7 Å². The number of benzene rings is 1. The summed E-state index contributed by atoms with van der Waals surface area (Å²) in [6.07, 6.45) is 2.19. The maximum atomic E-state index is 6.17. The normalized spacial score (nSPS) is 13.2. The molecule has 0 aliphatic heterocycles. The summed E-state index contributed by atoms with van der Waals surface area (Å²) in [6, 6.07) is 8.52. The molecule has 0 saturated carbocycles. The largest absolute Gasteiger partial charge is 0.417 e. The molecule has 0 radical (unpaired) electrons. The van der Waals surface area contributed by atoms with Crippen LogP contribution < -0.4 is 0 Å². The van der Waals surface area contributed by atoms with Crippen LogP contribution in [0.4, 0.5) is 0 Å². The monoisotopic (exact) mass is 478 g/mol. The van der Waals surface area contributed by atoms with Crippen molar-refractivity contribution in [2.45, 2.75) is 90.6 Å². The Balaban J connectivity index is 0.000000660. The first-order valence-electron chi connectivity index (χ1n) is 9.55. The number of hydrogen-bond acceptors (Lipinski definition) is 1. The van der Waals surface area contributed by atoms with Gasteiger partial charge in [0.15, 0.2) is 15.7 Å². The van der Waals surface area contributed by atoms with Gasteiger partial charge in [0.25, 0.3) is 0 Å². The summed E-state index contributed by atoms with van der Waals surface area (Å²) < 4.78 is 7.33. The number of rotatable bonds is 5. The second kappa shape index (κ2) is 10.2. The summed E-state index contributed by atoms with van der Waals surface area (Å²) in [5.41, 5.74) is 1.38. The maximum Gasteiger partial charge on any atom is 0.191 e. The Morgan fingerprint density at radius 1 is 0.962 bits per heavy atom. The van der Waals surface area contributed by atoms with Crippen LogP contribution in [-0.2, 0) is 10.8 Å². The highest BCUT2D eigenvalue weighted by molar-refractivity contribution is 9.10. The first-order chi connectivity index (χ1) is 11.5. The van der Waals surface area contributed by atoms with Crippen molar-refractivity contribution in [3.8, 4) is 0 Å². The van der Waals surface area contributed by atoms with Crippen LogP contribution in [0.5, 0.6) is 0 Å². The van der Waals surface area contributed by atoms with E-state index in [1.165, 1.54) is 5.56 Å². The highest BCUT2D eigenvalue weighted by atomic mass is 79.9. The summed E-state index contributed by atoms with van der Waals surface area (Å²) in [4.78, 5) is 0. The van der Waals surface area contributed by atoms with Gasteiger partial charge < -0.3 is 4.43 Å². The van der Waals surface area contributed by atoms with E-state index in [4.69, 9.17) is 15.5 Å². The van der Waals surface area contributed by atoms with Gasteiger partial charge in [0, 0.05) is 11.1 Å². The van der Waals surface area contributed by atoms with Crippen LogP contribution in [0.1, 0.15) is 53.5 Å². The van der Waals surface area contributed by atoms with E-state index in [1.807, 2.05) is 0 Å². The molecule has 0 amide bonds. The highest BCUT2D eigenvalue weighted by Gasteiger charge is 2.36. The third kappa shape index (κ3) is 10.1. The second-order valence-corrected chi connectivity index (χ2v) is 23.1. The lowest BCUT2D eigenvalue weighted by atomic mass is 10.1. The van der Waals surface area contributed by atoms with Gasteiger partial charge >= 0.3 is 0 Å². The molecule has 0 bridgehead atoms. The summed E-state index contributed by atoms with van der Waals surface area (Å²) in [7, 11) is -2.95. The molecule has 0 heterocycles. The lowest BCUT2D eigenvalue weighted by molar-refractivity contribution is 0.282. The molecule has 0 saturated heterocycles. The molecule has 0 aliphatic carbocycles. The molecular weight excluding hydrogens is 440 g/mol. The molecule has 0 aromatic heterocycles. The molecule has 0 aliphatic rings. The fourth-order valence-corrected chi connectivity index (χ4v) is 3.05. The molecule has 0 fully saturated rings. The third-order valence-electron chi connectivity index (χ3n) is 5.55. The average Bonchev–Trinajstić information content (AvgIpc) is 2.41. The quantitative estimate of drug-likeness (QED) is 0.233. The predicted octanol–water partition coefficient (Wildman–Crippen LogP) is 8.63. The van der Waals surface area contributed by atoms with Crippen LogP contribution in [0.3, 0.4) is 0 Å². The highest BCUT2D eigenvalue weighted by Crippen LogP contribution is 2.38. The molecule has 152 valence electrons. The molecule has 5 heteroatoms. The molecule has 0 spiro atoms. The fourth-order valence-electron chi connectivity index (χ4n) is 1.51. The molecule has 1 rings (SSSR count). The minimum absolute atomic E-state index is 0.308. The van der Waals surface area contributed by atoms with Crippen LogP contribution in [0.25, 0.3) is 0 Å². The first-order valence-corrected chi connectivity index (χ1v) is 17.3. The van der Waals surface area contributed by atoms with Crippen molar-refractivity contribution in [1.29, 1.82) is 0 Å². The van der Waals surface area contributed by atoms with Gasteiger partial charge in [0.2, 0.25) is 0 Å². The van der Waals surface area contributed by atoms with E-state index < -0.39 is 15.7 Å². The van der Waals surface area contributed by atoms with Crippen LogP contribution in [0.2, 0.25) is 36.3 Å². The van der Waals surface area contributed by atoms with Crippen molar-refractivity contribution in [2.24, 2.45) is 0 Å². The smallest absolute Gasteiger partial charge is 0.191 e. The Morgan fingerprint density at radius 2 is 1.46 bits per heavy atom. The Kier molecular flexibility index (Phi) is 10.4. The first kappa shape index (κ1) is 26.4. The van der Waals surface area contributed by atoms with Crippen molar-refractivity contribution >= 4 is 42.7 Å². The third-order valence-corrected chi connectivity index (χ3v) is 15.9. The van der Waals surface area contributed by atoms with Gasteiger partial charge in [-0.05, 0) is 53.7 Å². The minimum atomic E-state index is -1.56. The molecule has 0 atom stereocenters. The summed E-state index contributed by atoms with van der Waals surface area (Å²) in [5, 5.41) is 0.650. The topological polar surface area (TPSA) is 9.23 Å². The van der Waals surface area contributed by atoms with E-state index in [9.17, 15) is 0 Å². The lowest BCUT2D eigenvalue weighted by Crippen LogP contribution is -2.41. The molecule has 1 aromatic carbocycles. The molecule has 26 heavy (non-hydrogen) atoms. The molecule has 1 aromatic rings. The summed E-state index contributed by atoms with van der Waals surface area (Å²) in [5.74, 6) is 0. The zero-order chi connectivity index (χ0) is 20.8. The van der Waals surface area contributed by atoms with Gasteiger partial charge in [-0.15, -0.1) is 0 Å². The minimum Gasteiger partial charge on any atom is -0.417 e. The van der Waals surface area contributed by atoms with Crippen LogP contribution in [0.15, 0.2) is 28.7 Å². The summed E-state index contributed by atoms with van der Waals surface area (Å²) >= 11 is 9.65. The van der Waals surface area contributed by atoms with E-state index in [0.717, 1.165) is 23.9 Å². The van der Waals surface area contributed by atoms with Gasteiger partial charge in [-0.25, -0.2) is 0 Å². The van der Waals surface area contributed by atoms with E-state index in [0.29, 0.717) is 10.1 Å². The molecule has 0 N–H and O–H groups in total. The van der Waals surface area contributed by atoms with Gasteiger partial charge in [-0.2, -0.15) is 11.1 Å². The fraction of sp³-hybridized carbons (Fsp3) is 0.714.